The van der Waals surface area contributed by atoms with Gasteiger partial charge in [0.25, 0.3) is 0 Å². The van der Waals surface area contributed by atoms with Gasteiger partial charge in [-0.25, -0.2) is 0 Å². The van der Waals surface area contributed by atoms with Crippen molar-refractivity contribution in [1.82, 2.24) is 4.57 Å². The molecular weight excluding hydrogens is 350 g/mol. The molecule has 3 aromatic rings. The topological polar surface area (TPSA) is 32.6 Å². The van der Waals surface area contributed by atoms with Crippen molar-refractivity contribution in [3.05, 3.63) is 65.9 Å². The van der Waals surface area contributed by atoms with Gasteiger partial charge >= 0.3 is 0 Å². The fraction of sp³-hybridized carbons (Fsp3) is 0.417. The minimum atomic E-state index is -0.0194. The van der Waals surface area contributed by atoms with Crippen molar-refractivity contribution in [2.75, 3.05) is 20.3 Å². The molecule has 1 aromatic heterocycles. The minimum absolute atomic E-state index is 0.0194. The quantitative estimate of drug-likeness (QED) is 0.553. The Morgan fingerprint density at radius 3 is 2.75 bits per heavy atom. The standard InChI is InChI=1S/C24H29NO3/c1-26-22-6-4-5-19(17-22)8-9-20-10-11-21-12-13-25(23(21)18-20)14-16-28-24-7-2-3-15-27-24/h4-6,10-13,17-18,24H,2-3,7-9,14-16H2,1H3. The van der Waals surface area contributed by atoms with E-state index in [0.717, 1.165) is 44.6 Å². The van der Waals surface area contributed by atoms with E-state index in [-0.39, 0.29) is 6.29 Å². The number of hydrogen-bond acceptors (Lipinski definition) is 3. The number of nitrogens with zero attached hydrogens (tertiary/aromatic N) is 1. The van der Waals surface area contributed by atoms with E-state index in [1.165, 1.54) is 28.5 Å². The highest BCUT2D eigenvalue weighted by Gasteiger charge is 2.13. The number of methoxy groups -OCH3 is 1. The molecule has 2 heterocycles. The maximum absolute atomic E-state index is 5.91. The summed E-state index contributed by atoms with van der Waals surface area (Å²) in [5, 5.41) is 1.28. The summed E-state index contributed by atoms with van der Waals surface area (Å²) in [6, 6.07) is 17.3. The average molecular weight is 380 g/mol. The Kier molecular flexibility index (Phi) is 6.30. The molecule has 1 atom stereocenters. The first-order valence-corrected chi connectivity index (χ1v) is 10.3. The first-order valence-electron chi connectivity index (χ1n) is 10.3. The smallest absolute Gasteiger partial charge is 0.157 e. The molecule has 4 nitrogen and oxygen atoms in total. The van der Waals surface area contributed by atoms with Crippen LogP contribution in [0.4, 0.5) is 0 Å². The molecule has 148 valence electrons. The van der Waals surface area contributed by atoms with Gasteiger partial charge in [-0.1, -0.05) is 24.3 Å². The van der Waals surface area contributed by atoms with E-state index in [9.17, 15) is 0 Å². The highest BCUT2D eigenvalue weighted by molar-refractivity contribution is 5.80. The van der Waals surface area contributed by atoms with Crippen LogP contribution >= 0.6 is 0 Å². The number of aromatic nitrogens is 1. The summed E-state index contributed by atoms with van der Waals surface area (Å²) in [6.45, 7) is 2.36. The van der Waals surface area contributed by atoms with E-state index in [0.29, 0.717) is 6.61 Å². The van der Waals surface area contributed by atoms with Crippen LogP contribution in [0, 0.1) is 0 Å². The fourth-order valence-electron chi connectivity index (χ4n) is 3.82. The zero-order valence-electron chi connectivity index (χ0n) is 16.6. The van der Waals surface area contributed by atoms with Gasteiger partial charge in [0.1, 0.15) is 5.75 Å². The highest BCUT2D eigenvalue weighted by atomic mass is 16.7. The van der Waals surface area contributed by atoms with E-state index >= 15 is 0 Å². The van der Waals surface area contributed by atoms with Crippen molar-refractivity contribution in [3.63, 3.8) is 0 Å². The number of fused-ring (bicyclic) bond motifs is 1. The summed E-state index contributed by atoms with van der Waals surface area (Å²) in [4.78, 5) is 0. The summed E-state index contributed by atoms with van der Waals surface area (Å²) in [5.74, 6) is 0.920. The van der Waals surface area contributed by atoms with Crippen LogP contribution in [0.5, 0.6) is 5.75 Å². The van der Waals surface area contributed by atoms with Crippen LogP contribution in [0.3, 0.4) is 0 Å². The third kappa shape index (κ3) is 4.75. The van der Waals surface area contributed by atoms with Crippen LogP contribution < -0.4 is 4.74 Å². The second-order valence-corrected chi connectivity index (χ2v) is 7.42. The van der Waals surface area contributed by atoms with Crippen LogP contribution in [0.15, 0.2) is 54.7 Å². The SMILES string of the molecule is COc1cccc(CCc2ccc3ccn(CCOC4CCCCO4)c3c2)c1. The van der Waals surface area contributed by atoms with Gasteiger partial charge in [-0.2, -0.15) is 0 Å². The van der Waals surface area contributed by atoms with Gasteiger partial charge in [-0.3, -0.25) is 0 Å². The number of hydrogen-bond donors (Lipinski definition) is 0. The Labute approximate surface area is 167 Å². The van der Waals surface area contributed by atoms with Crippen molar-refractivity contribution >= 4 is 10.9 Å². The van der Waals surface area contributed by atoms with Crippen molar-refractivity contribution in [2.24, 2.45) is 0 Å². The van der Waals surface area contributed by atoms with Gasteiger partial charge in [0.05, 0.1) is 13.7 Å². The molecule has 1 aliphatic heterocycles. The molecule has 0 bridgehead atoms. The first kappa shape index (κ1) is 19.0. The maximum atomic E-state index is 5.91. The number of aryl methyl sites for hydroxylation is 2. The van der Waals surface area contributed by atoms with Gasteiger partial charge in [-0.05, 0) is 72.9 Å². The number of rotatable bonds is 8. The van der Waals surface area contributed by atoms with Crippen LogP contribution in [0.2, 0.25) is 0 Å². The lowest BCUT2D eigenvalue weighted by molar-refractivity contribution is -0.163. The number of benzene rings is 2. The van der Waals surface area contributed by atoms with E-state index in [1.54, 1.807) is 7.11 Å². The Bertz CT molecular complexity index is 896. The summed E-state index contributed by atoms with van der Waals surface area (Å²) >= 11 is 0. The summed E-state index contributed by atoms with van der Waals surface area (Å²) < 4.78 is 19.2. The summed E-state index contributed by atoms with van der Waals surface area (Å²) in [6.07, 6.45) is 7.53. The number of ether oxygens (including phenoxy) is 3. The van der Waals surface area contributed by atoms with Crippen LogP contribution in [-0.2, 0) is 28.9 Å². The normalized spacial score (nSPS) is 17.1. The van der Waals surface area contributed by atoms with Gasteiger partial charge in [0, 0.05) is 24.9 Å². The zero-order valence-corrected chi connectivity index (χ0v) is 16.6. The molecule has 2 aromatic carbocycles. The Morgan fingerprint density at radius 2 is 1.93 bits per heavy atom. The molecule has 0 N–H and O–H groups in total. The molecule has 1 aliphatic rings. The molecule has 0 spiro atoms. The molecule has 1 saturated heterocycles. The Balaban J connectivity index is 1.37. The predicted molar refractivity (Wildman–Crippen MR) is 112 cm³/mol. The summed E-state index contributed by atoms with van der Waals surface area (Å²) in [7, 11) is 1.71. The maximum Gasteiger partial charge on any atom is 0.157 e. The largest absolute Gasteiger partial charge is 0.497 e. The highest BCUT2D eigenvalue weighted by Crippen LogP contribution is 2.21. The Hall–Kier alpha value is -2.30. The van der Waals surface area contributed by atoms with E-state index in [4.69, 9.17) is 14.2 Å². The third-order valence-corrected chi connectivity index (χ3v) is 5.45. The molecule has 28 heavy (non-hydrogen) atoms. The van der Waals surface area contributed by atoms with Crippen LogP contribution in [0.25, 0.3) is 10.9 Å². The summed E-state index contributed by atoms with van der Waals surface area (Å²) in [5.41, 5.74) is 3.93. The molecular formula is C24H29NO3. The van der Waals surface area contributed by atoms with Crippen molar-refractivity contribution < 1.29 is 14.2 Å². The van der Waals surface area contributed by atoms with Crippen LogP contribution in [0.1, 0.15) is 30.4 Å². The molecule has 0 radical (unpaired) electrons. The zero-order chi connectivity index (χ0) is 19.2. The molecule has 0 saturated carbocycles. The van der Waals surface area contributed by atoms with Gasteiger partial charge in [-0.15, -0.1) is 0 Å². The molecule has 0 amide bonds. The average Bonchev–Trinajstić information content (AvgIpc) is 3.15. The second-order valence-electron chi connectivity index (χ2n) is 7.42. The molecule has 4 rings (SSSR count). The second kappa shape index (κ2) is 9.26. The van der Waals surface area contributed by atoms with Gasteiger partial charge in [0.2, 0.25) is 0 Å². The van der Waals surface area contributed by atoms with E-state index in [2.05, 4.69) is 53.2 Å². The fourth-order valence-corrected chi connectivity index (χ4v) is 3.82. The monoisotopic (exact) mass is 379 g/mol. The van der Waals surface area contributed by atoms with Gasteiger partial charge < -0.3 is 18.8 Å². The van der Waals surface area contributed by atoms with E-state index < -0.39 is 0 Å². The molecule has 4 heteroatoms. The lowest BCUT2D eigenvalue weighted by atomic mass is 10.0. The minimum Gasteiger partial charge on any atom is -0.497 e. The first-order chi connectivity index (χ1) is 13.8. The van der Waals surface area contributed by atoms with Crippen molar-refractivity contribution in [1.29, 1.82) is 0 Å². The predicted octanol–water partition coefficient (Wildman–Crippen LogP) is 4.98. The van der Waals surface area contributed by atoms with Crippen molar-refractivity contribution in [3.8, 4) is 5.75 Å². The van der Waals surface area contributed by atoms with Crippen molar-refractivity contribution in [2.45, 2.75) is 44.9 Å². The van der Waals surface area contributed by atoms with Gasteiger partial charge in [0.15, 0.2) is 6.29 Å². The van der Waals surface area contributed by atoms with Crippen LogP contribution in [-0.4, -0.2) is 31.2 Å². The molecule has 0 aliphatic carbocycles. The van der Waals surface area contributed by atoms with E-state index in [1.807, 2.05) is 6.07 Å². The lowest BCUT2D eigenvalue weighted by Gasteiger charge is -2.22. The third-order valence-electron chi connectivity index (χ3n) is 5.45. The Morgan fingerprint density at radius 1 is 1.04 bits per heavy atom. The molecule has 1 fully saturated rings. The lowest BCUT2D eigenvalue weighted by Crippen LogP contribution is -2.23. The molecule has 1 unspecified atom stereocenters.